The zero-order valence-corrected chi connectivity index (χ0v) is 15.8. The monoisotopic (exact) mass is 420 g/mol. The highest BCUT2D eigenvalue weighted by Gasteiger charge is 2.22. The SMILES string of the molecule is CCn1c(=O)oc2cc(S(=O)(=O)Nc3cc(Cl)ccc3Cl)c(Cl)cc21. The summed E-state index contributed by atoms with van der Waals surface area (Å²) in [6, 6.07) is 6.95. The number of hydrogen-bond donors (Lipinski definition) is 1. The number of anilines is 1. The lowest BCUT2D eigenvalue weighted by Crippen LogP contribution is -2.14. The number of nitrogens with one attached hydrogen (secondary N) is 1. The lowest BCUT2D eigenvalue weighted by molar-refractivity contribution is 0.512. The Kier molecular flexibility index (Phi) is 4.76. The number of nitrogens with zero attached hydrogens (tertiary/aromatic N) is 1. The van der Waals surface area contributed by atoms with Crippen LogP contribution in [0.3, 0.4) is 0 Å². The third kappa shape index (κ3) is 3.37. The van der Waals surface area contributed by atoms with Crippen LogP contribution in [0.4, 0.5) is 5.69 Å². The first kappa shape index (κ1) is 18.1. The summed E-state index contributed by atoms with van der Waals surface area (Å²) in [6.45, 7) is 2.13. The lowest BCUT2D eigenvalue weighted by Gasteiger charge is -2.11. The van der Waals surface area contributed by atoms with Gasteiger partial charge >= 0.3 is 5.76 Å². The van der Waals surface area contributed by atoms with E-state index in [0.29, 0.717) is 17.1 Å². The fourth-order valence-corrected chi connectivity index (χ4v) is 4.35. The molecule has 0 saturated heterocycles. The van der Waals surface area contributed by atoms with Crippen LogP contribution in [-0.4, -0.2) is 13.0 Å². The Hall–Kier alpha value is -1.67. The second kappa shape index (κ2) is 6.57. The van der Waals surface area contributed by atoms with Gasteiger partial charge in [-0.3, -0.25) is 9.29 Å². The standard InChI is InChI=1S/C15H11Cl3N2O4S/c1-2-20-12-6-10(18)14(7-13(12)24-15(20)21)25(22,23)19-11-5-8(16)3-4-9(11)17/h3-7,19H,2H2,1H3. The molecule has 0 saturated carbocycles. The molecule has 6 nitrogen and oxygen atoms in total. The predicted molar refractivity (Wildman–Crippen MR) is 98.4 cm³/mol. The largest absolute Gasteiger partial charge is 0.419 e. The van der Waals surface area contributed by atoms with Crippen molar-refractivity contribution in [3.05, 3.63) is 56.0 Å². The first-order valence-electron chi connectivity index (χ1n) is 7.03. The first-order valence-corrected chi connectivity index (χ1v) is 9.65. The number of oxazole rings is 1. The average Bonchev–Trinajstić information content (AvgIpc) is 2.84. The van der Waals surface area contributed by atoms with Gasteiger partial charge in [-0.15, -0.1) is 0 Å². The number of aromatic nitrogens is 1. The number of sulfonamides is 1. The van der Waals surface area contributed by atoms with Crippen LogP contribution in [-0.2, 0) is 16.6 Å². The third-order valence-electron chi connectivity index (χ3n) is 3.50. The van der Waals surface area contributed by atoms with Crippen LogP contribution in [0.2, 0.25) is 15.1 Å². The summed E-state index contributed by atoms with van der Waals surface area (Å²) >= 11 is 18.0. The van der Waals surface area contributed by atoms with Crippen molar-refractivity contribution < 1.29 is 12.8 Å². The van der Waals surface area contributed by atoms with Gasteiger partial charge in [-0.1, -0.05) is 34.8 Å². The highest BCUT2D eigenvalue weighted by molar-refractivity contribution is 7.92. The molecule has 0 aliphatic carbocycles. The van der Waals surface area contributed by atoms with E-state index in [1.807, 2.05) is 0 Å². The molecule has 1 aromatic heterocycles. The molecule has 0 radical (unpaired) electrons. The molecule has 0 aliphatic heterocycles. The van der Waals surface area contributed by atoms with Gasteiger partial charge in [-0.2, -0.15) is 0 Å². The summed E-state index contributed by atoms with van der Waals surface area (Å²) < 4.78 is 34.1. The maximum atomic E-state index is 12.7. The van der Waals surface area contributed by atoms with E-state index in [1.165, 1.54) is 34.9 Å². The van der Waals surface area contributed by atoms with Crippen LogP contribution in [0.1, 0.15) is 6.92 Å². The van der Waals surface area contributed by atoms with Gasteiger partial charge in [0.15, 0.2) is 5.58 Å². The molecule has 0 unspecified atom stereocenters. The maximum absolute atomic E-state index is 12.7. The molecule has 0 fully saturated rings. The van der Waals surface area contributed by atoms with Crippen molar-refractivity contribution in [2.45, 2.75) is 18.4 Å². The Morgan fingerprint density at radius 1 is 1.12 bits per heavy atom. The number of rotatable bonds is 4. The Labute approximate surface area is 158 Å². The van der Waals surface area contributed by atoms with Crippen molar-refractivity contribution in [2.24, 2.45) is 0 Å². The van der Waals surface area contributed by atoms with E-state index in [-0.39, 0.29) is 26.2 Å². The van der Waals surface area contributed by atoms with Crippen LogP contribution in [0.15, 0.2) is 44.4 Å². The third-order valence-corrected chi connectivity index (χ3v) is 5.90. The molecule has 3 aromatic rings. The number of aryl methyl sites for hydroxylation is 1. The Morgan fingerprint density at radius 2 is 1.84 bits per heavy atom. The van der Waals surface area contributed by atoms with Gasteiger partial charge in [-0.25, -0.2) is 13.2 Å². The predicted octanol–water partition coefficient (Wildman–Crippen LogP) is 4.38. The molecule has 2 aromatic carbocycles. The zero-order valence-electron chi connectivity index (χ0n) is 12.7. The van der Waals surface area contributed by atoms with Gasteiger partial charge in [0.1, 0.15) is 4.90 Å². The average molecular weight is 422 g/mol. The molecular weight excluding hydrogens is 411 g/mol. The minimum Gasteiger partial charge on any atom is -0.408 e. The topological polar surface area (TPSA) is 81.3 Å². The van der Waals surface area contributed by atoms with E-state index in [9.17, 15) is 13.2 Å². The van der Waals surface area contributed by atoms with E-state index >= 15 is 0 Å². The molecule has 0 bridgehead atoms. The Morgan fingerprint density at radius 3 is 2.52 bits per heavy atom. The van der Waals surface area contributed by atoms with E-state index in [1.54, 1.807) is 6.92 Å². The zero-order chi connectivity index (χ0) is 18.4. The minimum atomic E-state index is -4.08. The van der Waals surface area contributed by atoms with E-state index in [4.69, 9.17) is 39.2 Å². The molecule has 10 heteroatoms. The van der Waals surface area contributed by atoms with Crippen LogP contribution < -0.4 is 10.5 Å². The smallest absolute Gasteiger partial charge is 0.408 e. The van der Waals surface area contributed by atoms with Crippen molar-refractivity contribution in [1.29, 1.82) is 0 Å². The molecule has 132 valence electrons. The number of fused-ring (bicyclic) bond motifs is 1. The van der Waals surface area contributed by atoms with Crippen LogP contribution in [0.5, 0.6) is 0 Å². The molecule has 1 heterocycles. The molecule has 0 atom stereocenters. The van der Waals surface area contributed by atoms with Crippen LogP contribution >= 0.6 is 34.8 Å². The van der Waals surface area contributed by atoms with Gasteiger partial charge in [-0.05, 0) is 31.2 Å². The Balaban J connectivity index is 2.12. The van der Waals surface area contributed by atoms with E-state index < -0.39 is 15.8 Å². The van der Waals surface area contributed by atoms with Crippen LogP contribution in [0.25, 0.3) is 11.1 Å². The quantitative estimate of drug-likeness (QED) is 0.678. The summed E-state index contributed by atoms with van der Waals surface area (Å²) in [7, 11) is -4.08. The normalized spacial score (nSPS) is 11.8. The van der Waals surface area contributed by atoms with Crippen molar-refractivity contribution in [1.82, 2.24) is 4.57 Å². The molecule has 25 heavy (non-hydrogen) atoms. The number of halogens is 3. The maximum Gasteiger partial charge on any atom is 0.419 e. The van der Waals surface area contributed by atoms with Crippen molar-refractivity contribution in [2.75, 3.05) is 4.72 Å². The minimum absolute atomic E-state index is 0.0545. The van der Waals surface area contributed by atoms with Gasteiger partial charge in [0.25, 0.3) is 10.0 Å². The fraction of sp³-hybridized carbons (Fsp3) is 0.133. The Bertz CT molecular complexity index is 1140. The summed E-state index contributed by atoms with van der Waals surface area (Å²) in [5, 5.41) is 0.435. The van der Waals surface area contributed by atoms with Crippen LogP contribution in [0, 0.1) is 0 Å². The van der Waals surface area contributed by atoms with Crippen molar-refractivity contribution >= 4 is 61.6 Å². The summed E-state index contributed by atoms with van der Waals surface area (Å²) in [5.41, 5.74) is 0.643. The molecule has 0 amide bonds. The molecule has 1 N–H and O–H groups in total. The van der Waals surface area contributed by atoms with Crippen molar-refractivity contribution in [3.63, 3.8) is 0 Å². The number of hydrogen-bond acceptors (Lipinski definition) is 4. The molecular formula is C15H11Cl3N2O4S. The first-order chi connectivity index (χ1) is 11.7. The second-order valence-electron chi connectivity index (χ2n) is 5.09. The van der Waals surface area contributed by atoms with Gasteiger partial charge in [0.2, 0.25) is 0 Å². The molecule has 3 rings (SSSR count). The summed E-state index contributed by atoms with van der Waals surface area (Å²) in [6.07, 6.45) is 0. The molecule has 0 aliphatic rings. The summed E-state index contributed by atoms with van der Waals surface area (Å²) in [4.78, 5) is 11.5. The number of benzene rings is 2. The van der Waals surface area contributed by atoms with Gasteiger partial charge in [0.05, 0.1) is 21.2 Å². The second-order valence-corrected chi connectivity index (χ2v) is 7.99. The molecule has 0 spiro atoms. The van der Waals surface area contributed by atoms with Gasteiger partial charge < -0.3 is 4.42 Å². The van der Waals surface area contributed by atoms with E-state index in [0.717, 1.165) is 0 Å². The highest BCUT2D eigenvalue weighted by Crippen LogP contribution is 2.31. The lowest BCUT2D eigenvalue weighted by atomic mass is 10.3. The summed E-state index contributed by atoms with van der Waals surface area (Å²) in [5.74, 6) is -0.589. The van der Waals surface area contributed by atoms with Crippen molar-refractivity contribution in [3.8, 4) is 0 Å². The highest BCUT2D eigenvalue weighted by atomic mass is 35.5. The van der Waals surface area contributed by atoms with E-state index in [2.05, 4.69) is 4.72 Å². The van der Waals surface area contributed by atoms with Gasteiger partial charge in [0, 0.05) is 17.6 Å². The fourth-order valence-electron chi connectivity index (χ4n) is 2.35.